The smallest absolute Gasteiger partial charge is 0.345 e. The van der Waals surface area contributed by atoms with E-state index < -0.39 is 0 Å². The number of allylic oxidation sites excluding steroid dienone is 3. The van der Waals surface area contributed by atoms with E-state index in [9.17, 15) is 4.79 Å². The third kappa shape index (κ3) is 4.16. The van der Waals surface area contributed by atoms with Gasteiger partial charge in [0.1, 0.15) is 11.7 Å². The van der Waals surface area contributed by atoms with Gasteiger partial charge in [-0.1, -0.05) is 33.7 Å². The van der Waals surface area contributed by atoms with E-state index >= 15 is 0 Å². The highest BCUT2D eigenvalue weighted by molar-refractivity contribution is 8.78. The third-order valence-electron chi connectivity index (χ3n) is 3.41. The van der Waals surface area contributed by atoms with Crippen molar-refractivity contribution in [3.8, 4) is 0 Å². The quantitative estimate of drug-likeness (QED) is 0.437. The number of ether oxygens (including phenoxy) is 3. The van der Waals surface area contributed by atoms with Crippen LogP contribution in [0.4, 0.5) is 0 Å². The molecule has 1 heterocycles. The first-order valence-corrected chi connectivity index (χ1v) is 9.37. The zero-order valence-corrected chi connectivity index (χ0v) is 14.1. The summed E-state index contributed by atoms with van der Waals surface area (Å²) < 4.78 is 16.1. The predicted molar refractivity (Wildman–Crippen MR) is 86.9 cm³/mol. The Hall–Kier alpha value is -0.690. The van der Waals surface area contributed by atoms with Crippen molar-refractivity contribution in [1.29, 1.82) is 0 Å². The second-order valence-corrected chi connectivity index (χ2v) is 7.34. The van der Waals surface area contributed by atoms with Crippen LogP contribution in [0, 0.1) is 0 Å². The molecule has 1 unspecified atom stereocenters. The van der Waals surface area contributed by atoms with Gasteiger partial charge < -0.3 is 14.2 Å². The zero-order chi connectivity index (χ0) is 15.3. The molecule has 21 heavy (non-hydrogen) atoms. The molecule has 0 aromatic rings. The number of rotatable bonds is 5. The maximum Gasteiger partial charge on any atom is 0.345 e. The number of fused-ring (bicyclic) bond motifs is 1. The van der Waals surface area contributed by atoms with Crippen LogP contribution in [0.2, 0.25) is 0 Å². The monoisotopic (exact) mass is 328 g/mol. The van der Waals surface area contributed by atoms with Gasteiger partial charge >= 0.3 is 5.97 Å². The molecule has 1 saturated heterocycles. The second kappa shape index (κ2) is 7.54. The summed E-state index contributed by atoms with van der Waals surface area (Å²) in [7, 11) is 2.94. The average molecular weight is 328 g/mol. The lowest BCUT2D eigenvalue weighted by Crippen LogP contribution is -2.39. The molecule has 2 rings (SSSR count). The molecule has 0 spiro atoms. The highest BCUT2D eigenvalue weighted by atomic mass is 33.1. The Balaban J connectivity index is 2.19. The predicted octanol–water partition coefficient (Wildman–Crippen LogP) is 3.46. The van der Waals surface area contributed by atoms with Gasteiger partial charge in [0.25, 0.3) is 0 Å². The molecule has 1 atom stereocenters. The molecule has 0 saturated carbocycles. The van der Waals surface area contributed by atoms with E-state index in [-0.39, 0.29) is 11.6 Å². The van der Waals surface area contributed by atoms with Crippen LogP contribution in [0.5, 0.6) is 0 Å². The van der Waals surface area contributed by atoms with Crippen LogP contribution in [-0.2, 0) is 19.0 Å². The highest BCUT2D eigenvalue weighted by Crippen LogP contribution is 2.36. The summed E-state index contributed by atoms with van der Waals surface area (Å²) in [5, 5.41) is 0. The normalized spacial score (nSPS) is 25.8. The number of carbonyl (C=O) groups is 1. The number of carbonyl (C=O) groups excluding carboxylic acids is 1. The van der Waals surface area contributed by atoms with Gasteiger partial charge in [0.05, 0.1) is 18.8 Å². The lowest BCUT2D eigenvalue weighted by molar-refractivity contribution is -0.151. The first-order valence-electron chi connectivity index (χ1n) is 6.81. The number of hydrogen-bond donors (Lipinski definition) is 0. The van der Waals surface area contributed by atoms with Gasteiger partial charge in [-0.15, -0.1) is 0 Å². The Bertz CT molecular complexity index is 496. The first-order chi connectivity index (χ1) is 10.1. The van der Waals surface area contributed by atoms with Gasteiger partial charge in [0.15, 0.2) is 0 Å². The van der Waals surface area contributed by atoms with Crippen molar-refractivity contribution in [3.63, 3.8) is 0 Å². The fraction of sp³-hybridized carbons (Fsp3) is 0.533. The van der Waals surface area contributed by atoms with Gasteiger partial charge in [-0.05, 0) is 43.7 Å². The Morgan fingerprint density at radius 1 is 1.57 bits per heavy atom. The minimum absolute atomic E-state index is 0.271. The molecule has 1 fully saturated rings. The van der Waals surface area contributed by atoms with Crippen LogP contribution in [0.25, 0.3) is 0 Å². The summed E-state index contributed by atoms with van der Waals surface area (Å²) >= 11 is 0. The van der Waals surface area contributed by atoms with Crippen molar-refractivity contribution in [2.75, 3.05) is 26.3 Å². The van der Waals surface area contributed by atoms with Crippen LogP contribution >= 0.6 is 21.6 Å². The molecule has 1 aliphatic carbocycles. The standard InChI is InChI=1S/C15H20O4S2/c1-4-18-14(16)13(21-20-3)8-11-5-6-15(2)12(7-11)9-17-10-19-15/h5,7-8H,4,6,9-10H2,1-3H3/b13-8-. The number of esters is 1. The molecule has 2 aliphatic rings. The minimum atomic E-state index is -0.277. The summed E-state index contributed by atoms with van der Waals surface area (Å²) in [5.74, 6) is -0.277. The Labute approximate surface area is 133 Å². The molecular formula is C15H20O4S2. The van der Waals surface area contributed by atoms with Crippen molar-refractivity contribution in [3.05, 3.63) is 34.3 Å². The van der Waals surface area contributed by atoms with E-state index in [0.29, 0.717) is 24.9 Å². The van der Waals surface area contributed by atoms with E-state index in [1.165, 1.54) is 21.6 Å². The second-order valence-electron chi connectivity index (χ2n) is 4.90. The van der Waals surface area contributed by atoms with Crippen LogP contribution in [0.1, 0.15) is 20.3 Å². The van der Waals surface area contributed by atoms with Crippen molar-refractivity contribution in [2.45, 2.75) is 25.9 Å². The molecule has 4 nitrogen and oxygen atoms in total. The Morgan fingerprint density at radius 3 is 3.10 bits per heavy atom. The molecular weight excluding hydrogens is 308 g/mol. The topological polar surface area (TPSA) is 44.8 Å². The van der Waals surface area contributed by atoms with Crippen molar-refractivity contribution in [1.82, 2.24) is 0 Å². The fourth-order valence-electron chi connectivity index (χ4n) is 2.19. The molecule has 0 aromatic heterocycles. The highest BCUT2D eigenvalue weighted by Gasteiger charge is 2.34. The van der Waals surface area contributed by atoms with E-state index in [4.69, 9.17) is 14.2 Å². The van der Waals surface area contributed by atoms with E-state index in [0.717, 1.165) is 17.6 Å². The minimum Gasteiger partial charge on any atom is -0.462 e. The maximum atomic E-state index is 11.9. The lowest BCUT2D eigenvalue weighted by Gasteiger charge is -2.37. The molecule has 0 radical (unpaired) electrons. The van der Waals surface area contributed by atoms with Crippen molar-refractivity contribution in [2.24, 2.45) is 0 Å². The van der Waals surface area contributed by atoms with Crippen molar-refractivity contribution >= 4 is 27.6 Å². The maximum absolute atomic E-state index is 11.9. The van der Waals surface area contributed by atoms with Gasteiger partial charge in [-0.2, -0.15) is 0 Å². The van der Waals surface area contributed by atoms with E-state index in [1.54, 1.807) is 0 Å². The summed E-state index contributed by atoms with van der Waals surface area (Å²) in [5.41, 5.74) is 1.84. The summed E-state index contributed by atoms with van der Waals surface area (Å²) in [6.45, 7) is 5.17. The first kappa shape index (κ1) is 16.7. The van der Waals surface area contributed by atoms with Crippen LogP contribution in [0.15, 0.2) is 34.3 Å². The Kier molecular flexibility index (Phi) is 5.98. The molecule has 116 valence electrons. The SMILES string of the molecule is CCOC(=O)/C(=C/C1=CCC2(C)OCOCC2=C1)SSC. The fourth-order valence-corrected chi connectivity index (χ4v) is 3.56. The zero-order valence-electron chi connectivity index (χ0n) is 12.5. The summed E-state index contributed by atoms with van der Waals surface area (Å²) in [6.07, 6.45) is 8.73. The molecule has 6 heteroatoms. The van der Waals surface area contributed by atoms with Crippen molar-refractivity contribution < 1.29 is 19.0 Å². The van der Waals surface area contributed by atoms with Gasteiger partial charge in [0, 0.05) is 0 Å². The molecule has 0 amide bonds. The van der Waals surface area contributed by atoms with Crippen LogP contribution < -0.4 is 0 Å². The largest absolute Gasteiger partial charge is 0.462 e. The molecule has 0 bridgehead atoms. The Morgan fingerprint density at radius 2 is 2.38 bits per heavy atom. The van der Waals surface area contributed by atoms with E-state index in [1.807, 2.05) is 25.3 Å². The van der Waals surface area contributed by atoms with E-state index in [2.05, 4.69) is 13.0 Å². The molecule has 0 aromatic carbocycles. The van der Waals surface area contributed by atoms with Crippen LogP contribution in [-0.4, -0.2) is 37.8 Å². The lowest BCUT2D eigenvalue weighted by atomic mass is 9.85. The molecule has 1 aliphatic heterocycles. The number of hydrogen-bond acceptors (Lipinski definition) is 6. The summed E-state index contributed by atoms with van der Waals surface area (Å²) in [4.78, 5) is 12.5. The molecule has 0 N–H and O–H groups in total. The van der Waals surface area contributed by atoms with Gasteiger partial charge in [-0.3, -0.25) is 0 Å². The van der Waals surface area contributed by atoms with Gasteiger partial charge in [0.2, 0.25) is 0 Å². The van der Waals surface area contributed by atoms with Gasteiger partial charge in [-0.25, -0.2) is 4.79 Å². The summed E-state index contributed by atoms with van der Waals surface area (Å²) in [6, 6.07) is 0. The van der Waals surface area contributed by atoms with Crippen LogP contribution in [0.3, 0.4) is 0 Å². The average Bonchev–Trinajstić information content (AvgIpc) is 2.47. The third-order valence-corrected chi connectivity index (χ3v) is 5.08.